The molecule has 0 heterocycles. The van der Waals surface area contributed by atoms with Gasteiger partial charge in [-0.15, -0.1) is 0 Å². The highest BCUT2D eigenvalue weighted by molar-refractivity contribution is 6.33. The van der Waals surface area contributed by atoms with E-state index in [1.807, 2.05) is 25.1 Å². The van der Waals surface area contributed by atoms with Crippen LogP contribution in [0.4, 0.5) is 5.69 Å². The van der Waals surface area contributed by atoms with Crippen molar-refractivity contribution < 1.29 is 5.11 Å². The number of aliphatic hydroxyl groups excluding tert-OH is 1. The van der Waals surface area contributed by atoms with Gasteiger partial charge in [0.1, 0.15) is 0 Å². The summed E-state index contributed by atoms with van der Waals surface area (Å²) < 4.78 is 0. The Kier molecular flexibility index (Phi) is 3.58. The number of anilines is 1. The minimum absolute atomic E-state index is 0.364. The molecule has 2 N–H and O–H groups in total. The van der Waals surface area contributed by atoms with E-state index in [-0.39, 0.29) is 6.10 Å². The third-order valence-electron chi connectivity index (χ3n) is 1.78. The molecule has 1 aromatic carbocycles. The number of aryl methyl sites for hydroxylation is 1. The second-order valence-corrected chi connectivity index (χ2v) is 3.54. The van der Waals surface area contributed by atoms with Crippen LogP contribution in [0.15, 0.2) is 18.2 Å². The van der Waals surface area contributed by atoms with Gasteiger partial charge in [0, 0.05) is 6.54 Å². The van der Waals surface area contributed by atoms with Crippen molar-refractivity contribution in [2.45, 2.75) is 20.0 Å². The molecule has 0 spiro atoms. The molecule has 0 bridgehead atoms. The van der Waals surface area contributed by atoms with Crippen LogP contribution < -0.4 is 5.32 Å². The van der Waals surface area contributed by atoms with E-state index in [0.29, 0.717) is 6.54 Å². The predicted octanol–water partition coefficient (Wildman–Crippen LogP) is 2.44. The molecule has 0 saturated heterocycles. The maximum Gasteiger partial charge on any atom is 0.0684 e. The summed E-state index contributed by atoms with van der Waals surface area (Å²) in [6.45, 7) is 4.20. The van der Waals surface area contributed by atoms with Crippen molar-refractivity contribution in [1.29, 1.82) is 0 Å². The van der Waals surface area contributed by atoms with Crippen LogP contribution in [0.2, 0.25) is 5.02 Å². The van der Waals surface area contributed by atoms with Crippen molar-refractivity contribution in [1.82, 2.24) is 0 Å². The smallest absolute Gasteiger partial charge is 0.0684 e. The van der Waals surface area contributed by atoms with Crippen molar-refractivity contribution in [3.8, 4) is 0 Å². The molecule has 72 valence electrons. The summed E-state index contributed by atoms with van der Waals surface area (Å²) in [5, 5.41) is 12.9. The predicted molar refractivity (Wildman–Crippen MR) is 56.4 cm³/mol. The van der Waals surface area contributed by atoms with E-state index in [2.05, 4.69) is 5.32 Å². The largest absolute Gasteiger partial charge is 0.392 e. The lowest BCUT2D eigenvalue weighted by molar-refractivity contribution is 0.208. The molecule has 13 heavy (non-hydrogen) atoms. The molecule has 0 fully saturated rings. The van der Waals surface area contributed by atoms with Crippen LogP contribution in [0.25, 0.3) is 0 Å². The second-order valence-electron chi connectivity index (χ2n) is 3.17. The van der Waals surface area contributed by atoms with Crippen molar-refractivity contribution >= 4 is 17.3 Å². The number of halogens is 1. The average Bonchev–Trinajstić information content (AvgIpc) is 2.07. The lowest BCUT2D eigenvalue weighted by Gasteiger charge is -2.11. The molecular formula is C10H14ClNO. The third kappa shape index (κ3) is 2.90. The topological polar surface area (TPSA) is 32.3 Å². The van der Waals surface area contributed by atoms with Gasteiger partial charge in [-0.3, -0.25) is 0 Å². The Labute approximate surface area is 83.5 Å². The average molecular weight is 200 g/mol. The first-order valence-electron chi connectivity index (χ1n) is 4.28. The summed E-state index contributed by atoms with van der Waals surface area (Å²) in [6.07, 6.45) is -0.364. The van der Waals surface area contributed by atoms with Crippen molar-refractivity contribution in [3.05, 3.63) is 28.8 Å². The molecule has 3 heteroatoms. The van der Waals surface area contributed by atoms with Gasteiger partial charge in [-0.1, -0.05) is 23.7 Å². The maximum absolute atomic E-state index is 9.07. The van der Waals surface area contributed by atoms with Crippen LogP contribution in [-0.4, -0.2) is 17.8 Å². The number of aliphatic hydroxyl groups is 1. The first kappa shape index (κ1) is 10.4. The van der Waals surface area contributed by atoms with Crippen LogP contribution in [0, 0.1) is 6.92 Å². The van der Waals surface area contributed by atoms with E-state index in [0.717, 1.165) is 16.3 Å². The van der Waals surface area contributed by atoms with Gasteiger partial charge in [0.25, 0.3) is 0 Å². The summed E-state index contributed by atoms with van der Waals surface area (Å²) >= 11 is 6.03. The van der Waals surface area contributed by atoms with E-state index < -0.39 is 0 Å². The number of hydrogen-bond donors (Lipinski definition) is 2. The molecular weight excluding hydrogens is 186 g/mol. The Balaban J connectivity index is 2.71. The van der Waals surface area contributed by atoms with Gasteiger partial charge >= 0.3 is 0 Å². The Bertz CT molecular complexity index is 286. The molecule has 0 aromatic heterocycles. The Hall–Kier alpha value is -0.730. The lowest BCUT2D eigenvalue weighted by atomic mass is 10.2. The fourth-order valence-electron chi connectivity index (χ4n) is 1.04. The Morgan fingerprint density at radius 2 is 2.23 bits per heavy atom. The highest BCUT2D eigenvalue weighted by Crippen LogP contribution is 2.24. The van der Waals surface area contributed by atoms with E-state index in [9.17, 15) is 0 Å². The number of benzene rings is 1. The van der Waals surface area contributed by atoms with Crippen LogP contribution in [-0.2, 0) is 0 Å². The summed E-state index contributed by atoms with van der Waals surface area (Å²) in [5.74, 6) is 0. The van der Waals surface area contributed by atoms with Crippen LogP contribution in [0.1, 0.15) is 12.5 Å². The van der Waals surface area contributed by atoms with Crippen molar-refractivity contribution in [2.75, 3.05) is 11.9 Å². The molecule has 0 unspecified atom stereocenters. The highest BCUT2D eigenvalue weighted by Gasteiger charge is 2.02. The summed E-state index contributed by atoms with van der Waals surface area (Å²) in [6, 6.07) is 5.79. The zero-order valence-corrected chi connectivity index (χ0v) is 8.60. The van der Waals surface area contributed by atoms with Crippen LogP contribution >= 0.6 is 11.6 Å². The summed E-state index contributed by atoms with van der Waals surface area (Å²) in [4.78, 5) is 0. The third-order valence-corrected chi connectivity index (χ3v) is 2.28. The molecule has 0 aliphatic carbocycles. The normalized spacial score (nSPS) is 12.6. The van der Waals surface area contributed by atoms with Gasteiger partial charge < -0.3 is 10.4 Å². The molecule has 2 nitrogen and oxygen atoms in total. The Morgan fingerprint density at radius 3 is 2.85 bits per heavy atom. The van der Waals surface area contributed by atoms with Gasteiger partial charge in [0.05, 0.1) is 16.8 Å². The minimum atomic E-state index is -0.364. The molecule has 1 atom stereocenters. The Morgan fingerprint density at radius 1 is 1.54 bits per heavy atom. The molecule has 1 aromatic rings. The van der Waals surface area contributed by atoms with E-state index in [1.54, 1.807) is 6.92 Å². The van der Waals surface area contributed by atoms with E-state index in [4.69, 9.17) is 16.7 Å². The minimum Gasteiger partial charge on any atom is -0.392 e. The van der Waals surface area contributed by atoms with E-state index >= 15 is 0 Å². The number of nitrogens with one attached hydrogen (secondary N) is 1. The first-order valence-corrected chi connectivity index (χ1v) is 4.66. The molecule has 1 rings (SSSR count). The molecule has 0 radical (unpaired) electrons. The summed E-state index contributed by atoms with van der Waals surface area (Å²) in [7, 11) is 0. The van der Waals surface area contributed by atoms with Gasteiger partial charge in [-0.25, -0.2) is 0 Å². The standard InChI is InChI=1S/C10H14ClNO/c1-7-4-3-5-9(10(7)11)12-6-8(2)13/h3-5,8,12-13H,6H2,1-2H3/t8-/m1/s1. The van der Waals surface area contributed by atoms with Crippen LogP contribution in [0.5, 0.6) is 0 Å². The van der Waals surface area contributed by atoms with Crippen molar-refractivity contribution in [3.63, 3.8) is 0 Å². The zero-order chi connectivity index (χ0) is 9.84. The quantitative estimate of drug-likeness (QED) is 0.784. The monoisotopic (exact) mass is 199 g/mol. The molecule has 0 saturated carbocycles. The first-order chi connectivity index (χ1) is 6.11. The van der Waals surface area contributed by atoms with Gasteiger partial charge in [-0.2, -0.15) is 0 Å². The highest BCUT2D eigenvalue weighted by atomic mass is 35.5. The van der Waals surface area contributed by atoms with Crippen LogP contribution in [0.3, 0.4) is 0 Å². The van der Waals surface area contributed by atoms with Gasteiger partial charge in [0.15, 0.2) is 0 Å². The molecule has 0 aliphatic heterocycles. The van der Waals surface area contributed by atoms with Crippen molar-refractivity contribution in [2.24, 2.45) is 0 Å². The SMILES string of the molecule is Cc1cccc(NC[C@@H](C)O)c1Cl. The number of rotatable bonds is 3. The molecule has 0 aliphatic rings. The fourth-order valence-corrected chi connectivity index (χ4v) is 1.23. The van der Waals surface area contributed by atoms with E-state index in [1.165, 1.54) is 0 Å². The lowest BCUT2D eigenvalue weighted by Crippen LogP contribution is -2.15. The number of hydrogen-bond acceptors (Lipinski definition) is 2. The second kappa shape index (κ2) is 4.49. The van der Waals surface area contributed by atoms with Gasteiger partial charge in [0.2, 0.25) is 0 Å². The fraction of sp³-hybridized carbons (Fsp3) is 0.400. The maximum atomic E-state index is 9.07. The van der Waals surface area contributed by atoms with Gasteiger partial charge in [-0.05, 0) is 25.5 Å². The molecule has 0 amide bonds. The summed E-state index contributed by atoms with van der Waals surface area (Å²) in [5.41, 5.74) is 1.92. The zero-order valence-electron chi connectivity index (χ0n) is 7.84.